The van der Waals surface area contributed by atoms with Crippen molar-refractivity contribution in [2.75, 3.05) is 32.8 Å². The number of piperazine rings is 1. The van der Waals surface area contributed by atoms with Crippen molar-refractivity contribution in [3.8, 4) is 0 Å². The standard InChI is InChI=1S/C23H30N2O2/c1-19-8-5-6-12-22(19)23(27)25-16-15-24(21(18-25)13-17-26)14-7-11-20-9-3-2-4-10-20/h2-6,8-10,12,21,26H,7,11,13-18H2,1H3. The topological polar surface area (TPSA) is 43.8 Å². The zero-order chi connectivity index (χ0) is 19.1. The molecule has 0 saturated carbocycles. The van der Waals surface area contributed by atoms with E-state index in [1.165, 1.54) is 5.56 Å². The third kappa shape index (κ3) is 5.18. The van der Waals surface area contributed by atoms with Gasteiger partial charge in [-0.25, -0.2) is 0 Å². The maximum absolute atomic E-state index is 12.9. The average molecular weight is 367 g/mol. The number of amides is 1. The van der Waals surface area contributed by atoms with Crippen molar-refractivity contribution in [2.24, 2.45) is 0 Å². The van der Waals surface area contributed by atoms with Crippen LogP contribution in [0, 0.1) is 6.92 Å². The van der Waals surface area contributed by atoms with E-state index in [2.05, 4.69) is 29.2 Å². The molecule has 1 atom stereocenters. The first-order chi connectivity index (χ1) is 13.2. The zero-order valence-corrected chi connectivity index (χ0v) is 16.2. The van der Waals surface area contributed by atoms with E-state index in [1.54, 1.807) is 0 Å². The molecule has 1 saturated heterocycles. The Morgan fingerprint density at radius 2 is 1.81 bits per heavy atom. The monoisotopic (exact) mass is 366 g/mol. The van der Waals surface area contributed by atoms with Crippen LogP contribution in [0.1, 0.15) is 34.3 Å². The van der Waals surface area contributed by atoms with Crippen molar-refractivity contribution in [1.82, 2.24) is 9.80 Å². The first-order valence-electron chi connectivity index (χ1n) is 9.93. The minimum Gasteiger partial charge on any atom is -0.396 e. The SMILES string of the molecule is Cc1ccccc1C(=O)N1CCN(CCCc2ccccc2)C(CCO)C1. The smallest absolute Gasteiger partial charge is 0.254 e. The van der Waals surface area contributed by atoms with Crippen molar-refractivity contribution < 1.29 is 9.90 Å². The number of carbonyl (C=O) groups excluding carboxylic acids is 1. The second kappa shape index (κ2) is 9.67. The van der Waals surface area contributed by atoms with Gasteiger partial charge in [-0.3, -0.25) is 9.69 Å². The average Bonchev–Trinajstić information content (AvgIpc) is 2.70. The molecular weight excluding hydrogens is 336 g/mol. The summed E-state index contributed by atoms with van der Waals surface area (Å²) in [4.78, 5) is 17.3. The van der Waals surface area contributed by atoms with Crippen LogP contribution in [-0.4, -0.2) is 59.6 Å². The van der Waals surface area contributed by atoms with Crippen LogP contribution in [0.15, 0.2) is 54.6 Å². The molecule has 1 N–H and O–H groups in total. The highest BCUT2D eigenvalue weighted by Crippen LogP contribution is 2.18. The second-order valence-corrected chi connectivity index (χ2v) is 7.36. The minimum absolute atomic E-state index is 0.111. The van der Waals surface area contributed by atoms with Gasteiger partial charge in [0.15, 0.2) is 0 Å². The molecule has 0 bridgehead atoms. The van der Waals surface area contributed by atoms with Crippen molar-refractivity contribution in [3.05, 3.63) is 71.3 Å². The van der Waals surface area contributed by atoms with Crippen LogP contribution in [-0.2, 0) is 6.42 Å². The normalized spacial score (nSPS) is 17.9. The molecule has 1 fully saturated rings. The van der Waals surface area contributed by atoms with E-state index in [-0.39, 0.29) is 18.6 Å². The molecule has 4 nitrogen and oxygen atoms in total. The van der Waals surface area contributed by atoms with Crippen molar-refractivity contribution in [1.29, 1.82) is 0 Å². The molecule has 0 spiro atoms. The van der Waals surface area contributed by atoms with E-state index in [0.29, 0.717) is 13.0 Å². The Bertz CT molecular complexity index is 732. The number of aryl methyl sites for hydroxylation is 2. The highest BCUT2D eigenvalue weighted by Gasteiger charge is 2.29. The highest BCUT2D eigenvalue weighted by molar-refractivity contribution is 5.95. The maximum atomic E-state index is 12.9. The first-order valence-corrected chi connectivity index (χ1v) is 9.93. The molecule has 1 aliphatic rings. The number of rotatable bonds is 7. The van der Waals surface area contributed by atoms with Gasteiger partial charge in [0, 0.05) is 37.8 Å². The second-order valence-electron chi connectivity index (χ2n) is 7.36. The Kier molecular flexibility index (Phi) is 7.02. The molecule has 1 unspecified atom stereocenters. The predicted octanol–water partition coefficient (Wildman–Crippen LogP) is 3.14. The summed E-state index contributed by atoms with van der Waals surface area (Å²) in [6, 6.07) is 18.6. The molecule has 1 heterocycles. The van der Waals surface area contributed by atoms with Gasteiger partial charge in [0.1, 0.15) is 0 Å². The number of nitrogens with zero attached hydrogens (tertiary/aromatic N) is 2. The zero-order valence-electron chi connectivity index (χ0n) is 16.2. The summed E-state index contributed by atoms with van der Waals surface area (Å²) in [7, 11) is 0. The number of aliphatic hydroxyl groups is 1. The van der Waals surface area contributed by atoms with Gasteiger partial charge < -0.3 is 10.0 Å². The van der Waals surface area contributed by atoms with Crippen LogP contribution < -0.4 is 0 Å². The Hall–Kier alpha value is -2.17. The fourth-order valence-corrected chi connectivity index (χ4v) is 3.91. The summed E-state index contributed by atoms with van der Waals surface area (Å²) in [6.07, 6.45) is 2.87. The van der Waals surface area contributed by atoms with E-state index < -0.39 is 0 Å². The van der Waals surface area contributed by atoms with Crippen LogP contribution in [0.5, 0.6) is 0 Å². The van der Waals surface area contributed by atoms with Gasteiger partial charge in [0.05, 0.1) is 0 Å². The van der Waals surface area contributed by atoms with Gasteiger partial charge in [-0.1, -0.05) is 48.5 Å². The fourth-order valence-electron chi connectivity index (χ4n) is 3.91. The Morgan fingerprint density at radius 1 is 1.07 bits per heavy atom. The Morgan fingerprint density at radius 3 is 2.56 bits per heavy atom. The first kappa shape index (κ1) is 19.6. The van der Waals surface area contributed by atoms with E-state index in [4.69, 9.17) is 0 Å². The molecule has 27 heavy (non-hydrogen) atoms. The van der Waals surface area contributed by atoms with Crippen molar-refractivity contribution in [3.63, 3.8) is 0 Å². The Labute approximate surface area is 162 Å². The summed E-state index contributed by atoms with van der Waals surface area (Å²) in [5.74, 6) is 0.111. The van der Waals surface area contributed by atoms with E-state index in [1.807, 2.05) is 42.2 Å². The summed E-state index contributed by atoms with van der Waals surface area (Å²) in [5, 5.41) is 9.50. The minimum atomic E-state index is 0.111. The number of aliphatic hydroxyl groups excluding tert-OH is 1. The molecule has 0 aromatic heterocycles. The van der Waals surface area contributed by atoms with Crippen LogP contribution >= 0.6 is 0 Å². The van der Waals surface area contributed by atoms with Gasteiger partial charge in [-0.2, -0.15) is 0 Å². The molecule has 1 aliphatic heterocycles. The lowest BCUT2D eigenvalue weighted by atomic mass is 10.0. The summed E-state index contributed by atoms with van der Waals surface area (Å²) in [6.45, 7) is 5.47. The summed E-state index contributed by atoms with van der Waals surface area (Å²) < 4.78 is 0. The van der Waals surface area contributed by atoms with Gasteiger partial charge in [0.2, 0.25) is 0 Å². The molecule has 0 aliphatic carbocycles. The summed E-state index contributed by atoms with van der Waals surface area (Å²) >= 11 is 0. The largest absolute Gasteiger partial charge is 0.396 e. The molecule has 1 amide bonds. The van der Waals surface area contributed by atoms with Crippen LogP contribution in [0.2, 0.25) is 0 Å². The van der Waals surface area contributed by atoms with Crippen LogP contribution in [0.4, 0.5) is 0 Å². The van der Waals surface area contributed by atoms with Crippen molar-refractivity contribution >= 4 is 5.91 Å². The van der Waals surface area contributed by atoms with Crippen LogP contribution in [0.3, 0.4) is 0 Å². The van der Waals surface area contributed by atoms with Crippen molar-refractivity contribution in [2.45, 2.75) is 32.2 Å². The molecule has 4 heteroatoms. The quantitative estimate of drug-likeness (QED) is 0.819. The number of hydrogen-bond donors (Lipinski definition) is 1. The van der Waals surface area contributed by atoms with Gasteiger partial charge >= 0.3 is 0 Å². The lowest BCUT2D eigenvalue weighted by molar-refractivity contribution is 0.0418. The maximum Gasteiger partial charge on any atom is 0.254 e. The van der Waals surface area contributed by atoms with E-state index >= 15 is 0 Å². The summed E-state index contributed by atoms with van der Waals surface area (Å²) in [5.41, 5.74) is 3.17. The fraction of sp³-hybridized carbons (Fsp3) is 0.435. The molecule has 144 valence electrons. The molecule has 2 aromatic rings. The lowest BCUT2D eigenvalue weighted by Gasteiger charge is -2.41. The number of benzene rings is 2. The van der Waals surface area contributed by atoms with Gasteiger partial charge in [-0.05, 0) is 49.9 Å². The molecule has 3 rings (SSSR count). The lowest BCUT2D eigenvalue weighted by Crippen LogP contribution is -2.55. The Balaban J connectivity index is 1.58. The number of carbonyl (C=O) groups is 1. The number of hydrogen-bond acceptors (Lipinski definition) is 3. The third-order valence-electron chi connectivity index (χ3n) is 5.48. The third-order valence-corrected chi connectivity index (χ3v) is 5.48. The van der Waals surface area contributed by atoms with Gasteiger partial charge in [-0.15, -0.1) is 0 Å². The molecular formula is C23H30N2O2. The van der Waals surface area contributed by atoms with E-state index in [0.717, 1.165) is 43.6 Å². The van der Waals surface area contributed by atoms with Gasteiger partial charge in [0.25, 0.3) is 5.91 Å². The molecule has 0 radical (unpaired) electrons. The predicted molar refractivity (Wildman–Crippen MR) is 109 cm³/mol. The molecule has 2 aromatic carbocycles. The van der Waals surface area contributed by atoms with Crippen LogP contribution in [0.25, 0.3) is 0 Å². The highest BCUT2D eigenvalue weighted by atomic mass is 16.3. The van der Waals surface area contributed by atoms with E-state index in [9.17, 15) is 9.90 Å².